The van der Waals surface area contributed by atoms with E-state index in [4.69, 9.17) is 0 Å². The van der Waals surface area contributed by atoms with Gasteiger partial charge in [0.25, 0.3) is 0 Å². The minimum absolute atomic E-state index is 0.215. The Balaban J connectivity index is 1.99. The van der Waals surface area contributed by atoms with Crippen LogP contribution in [0.2, 0.25) is 0 Å². The van der Waals surface area contributed by atoms with Crippen LogP contribution in [0.4, 0.5) is 4.39 Å². The molecule has 0 saturated carbocycles. The fourth-order valence-electron chi connectivity index (χ4n) is 2.47. The standard InChI is InChI=1S/C15H20FNO2/c1-11-3-4-13(16)9-12(11)10-17-7-5-15(2,6-8-17)14(18)19/h3-4,9H,5-8,10H2,1-2H3,(H,18,19). The smallest absolute Gasteiger partial charge is 0.309 e. The molecule has 1 heterocycles. The highest BCUT2D eigenvalue weighted by molar-refractivity contribution is 5.74. The van der Waals surface area contributed by atoms with Gasteiger partial charge in [-0.2, -0.15) is 0 Å². The van der Waals surface area contributed by atoms with E-state index in [2.05, 4.69) is 4.90 Å². The topological polar surface area (TPSA) is 40.5 Å². The van der Waals surface area contributed by atoms with Crippen LogP contribution in [0.3, 0.4) is 0 Å². The molecule has 1 aromatic carbocycles. The van der Waals surface area contributed by atoms with E-state index in [0.29, 0.717) is 19.4 Å². The van der Waals surface area contributed by atoms with Crippen LogP contribution in [-0.4, -0.2) is 29.1 Å². The van der Waals surface area contributed by atoms with Crippen molar-refractivity contribution >= 4 is 5.97 Å². The number of benzene rings is 1. The molecule has 19 heavy (non-hydrogen) atoms. The van der Waals surface area contributed by atoms with Crippen molar-refractivity contribution in [2.45, 2.75) is 33.2 Å². The number of piperidine rings is 1. The molecule has 1 N–H and O–H groups in total. The fourth-order valence-corrected chi connectivity index (χ4v) is 2.47. The summed E-state index contributed by atoms with van der Waals surface area (Å²) in [7, 11) is 0. The molecule has 104 valence electrons. The molecule has 0 aliphatic carbocycles. The second-order valence-corrected chi connectivity index (χ2v) is 5.71. The largest absolute Gasteiger partial charge is 0.481 e. The number of nitrogens with zero attached hydrogens (tertiary/aromatic N) is 1. The Hall–Kier alpha value is -1.42. The third kappa shape index (κ3) is 3.13. The number of hydrogen-bond acceptors (Lipinski definition) is 2. The summed E-state index contributed by atoms with van der Waals surface area (Å²) in [5, 5.41) is 9.19. The molecule has 1 saturated heterocycles. The summed E-state index contributed by atoms with van der Waals surface area (Å²) in [4.78, 5) is 13.4. The lowest BCUT2D eigenvalue weighted by Gasteiger charge is -2.36. The molecule has 0 bridgehead atoms. The summed E-state index contributed by atoms with van der Waals surface area (Å²) >= 11 is 0. The quantitative estimate of drug-likeness (QED) is 0.913. The van der Waals surface area contributed by atoms with Crippen LogP contribution in [0.5, 0.6) is 0 Å². The monoisotopic (exact) mass is 265 g/mol. The molecular formula is C15H20FNO2. The zero-order valence-electron chi connectivity index (χ0n) is 11.4. The molecule has 1 aromatic rings. The van der Waals surface area contributed by atoms with Crippen molar-refractivity contribution in [3.05, 3.63) is 35.1 Å². The van der Waals surface area contributed by atoms with Crippen LogP contribution in [0, 0.1) is 18.2 Å². The van der Waals surface area contributed by atoms with Gasteiger partial charge in [-0.15, -0.1) is 0 Å². The van der Waals surface area contributed by atoms with Gasteiger partial charge in [-0.1, -0.05) is 6.07 Å². The van der Waals surface area contributed by atoms with Gasteiger partial charge in [-0.05, 0) is 63.0 Å². The Morgan fingerprint density at radius 1 is 1.42 bits per heavy atom. The highest BCUT2D eigenvalue weighted by atomic mass is 19.1. The Bertz CT molecular complexity index is 479. The second kappa shape index (κ2) is 5.29. The van der Waals surface area contributed by atoms with Crippen molar-refractivity contribution in [1.82, 2.24) is 4.90 Å². The zero-order valence-corrected chi connectivity index (χ0v) is 11.4. The molecule has 0 amide bonds. The maximum absolute atomic E-state index is 13.2. The van der Waals surface area contributed by atoms with Crippen molar-refractivity contribution in [1.29, 1.82) is 0 Å². The number of carboxylic acids is 1. The van der Waals surface area contributed by atoms with Crippen LogP contribution < -0.4 is 0 Å². The van der Waals surface area contributed by atoms with Crippen molar-refractivity contribution in [2.75, 3.05) is 13.1 Å². The van der Waals surface area contributed by atoms with Crippen LogP contribution in [0.15, 0.2) is 18.2 Å². The van der Waals surface area contributed by atoms with Gasteiger partial charge in [0.2, 0.25) is 0 Å². The molecule has 0 spiro atoms. The first-order valence-electron chi connectivity index (χ1n) is 6.61. The van der Waals surface area contributed by atoms with Crippen LogP contribution in [0.1, 0.15) is 30.9 Å². The Morgan fingerprint density at radius 3 is 2.63 bits per heavy atom. The number of rotatable bonds is 3. The zero-order chi connectivity index (χ0) is 14.0. The lowest BCUT2D eigenvalue weighted by Crippen LogP contribution is -2.42. The molecule has 0 unspecified atom stereocenters. The van der Waals surface area contributed by atoms with Crippen molar-refractivity contribution in [3.8, 4) is 0 Å². The van der Waals surface area contributed by atoms with E-state index in [1.807, 2.05) is 6.92 Å². The van der Waals surface area contributed by atoms with Gasteiger partial charge >= 0.3 is 5.97 Å². The number of aryl methyl sites for hydroxylation is 1. The van der Waals surface area contributed by atoms with E-state index in [0.717, 1.165) is 24.2 Å². The number of carbonyl (C=O) groups is 1. The van der Waals surface area contributed by atoms with E-state index in [9.17, 15) is 14.3 Å². The van der Waals surface area contributed by atoms with E-state index < -0.39 is 11.4 Å². The van der Waals surface area contributed by atoms with Crippen molar-refractivity contribution in [3.63, 3.8) is 0 Å². The summed E-state index contributed by atoms with van der Waals surface area (Å²) in [6.45, 7) is 5.97. The minimum Gasteiger partial charge on any atom is -0.481 e. The molecule has 1 aliphatic rings. The summed E-state index contributed by atoms with van der Waals surface area (Å²) in [5.74, 6) is -0.929. The summed E-state index contributed by atoms with van der Waals surface area (Å²) < 4.78 is 13.2. The van der Waals surface area contributed by atoms with E-state index in [-0.39, 0.29) is 5.82 Å². The number of likely N-dealkylation sites (tertiary alicyclic amines) is 1. The average Bonchev–Trinajstić information content (AvgIpc) is 2.36. The van der Waals surface area contributed by atoms with Gasteiger partial charge in [-0.25, -0.2) is 4.39 Å². The van der Waals surface area contributed by atoms with Gasteiger partial charge in [0.15, 0.2) is 0 Å². The van der Waals surface area contributed by atoms with Crippen LogP contribution in [0.25, 0.3) is 0 Å². The third-order valence-electron chi connectivity index (χ3n) is 4.18. The predicted molar refractivity (Wildman–Crippen MR) is 71.4 cm³/mol. The Morgan fingerprint density at radius 2 is 2.05 bits per heavy atom. The molecule has 1 aliphatic heterocycles. The first-order chi connectivity index (χ1) is 8.90. The number of halogens is 1. The summed E-state index contributed by atoms with van der Waals surface area (Å²) in [5.41, 5.74) is 1.46. The lowest BCUT2D eigenvalue weighted by atomic mass is 9.80. The van der Waals surface area contributed by atoms with E-state index in [1.165, 1.54) is 6.07 Å². The van der Waals surface area contributed by atoms with Crippen molar-refractivity contribution in [2.24, 2.45) is 5.41 Å². The number of aliphatic carboxylic acids is 1. The molecule has 2 rings (SSSR count). The molecule has 0 aromatic heterocycles. The molecule has 0 atom stereocenters. The lowest BCUT2D eigenvalue weighted by molar-refractivity contribution is -0.150. The second-order valence-electron chi connectivity index (χ2n) is 5.71. The van der Waals surface area contributed by atoms with Gasteiger partial charge in [0.1, 0.15) is 5.82 Å². The average molecular weight is 265 g/mol. The molecule has 0 radical (unpaired) electrons. The Labute approximate surface area is 113 Å². The van der Waals surface area contributed by atoms with Gasteiger partial charge in [0.05, 0.1) is 5.41 Å². The van der Waals surface area contributed by atoms with Crippen LogP contribution >= 0.6 is 0 Å². The number of hydrogen-bond donors (Lipinski definition) is 1. The highest BCUT2D eigenvalue weighted by Crippen LogP contribution is 2.31. The normalized spacial score (nSPS) is 19.3. The summed E-state index contributed by atoms with van der Waals surface area (Å²) in [6, 6.07) is 4.83. The third-order valence-corrected chi connectivity index (χ3v) is 4.18. The number of carboxylic acid groups (broad SMARTS) is 1. The molecule has 1 fully saturated rings. The minimum atomic E-state index is -0.714. The fraction of sp³-hybridized carbons (Fsp3) is 0.533. The maximum atomic E-state index is 13.2. The summed E-state index contributed by atoms with van der Waals surface area (Å²) in [6.07, 6.45) is 1.30. The van der Waals surface area contributed by atoms with E-state index in [1.54, 1.807) is 19.1 Å². The predicted octanol–water partition coefficient (Wildman–Crippen LogP) is 2.82. The first kappa shape index (κ1) is 14.0. The van der Waals surface area contributed by atoms with Gasteiger partial charge < -0.3 is 5.11 Å². The van der Waals surface area contributed by atoms with Gasteiger partial charge in [-0.3, -0.25) is 9.69 Å². The van der Waals surface area contributed by atoms with Crippen LogP contribution in [-0.2, 0) is 11.3 Å². The Kier molecular flexibility index (Phi) is 3.90. The highest BCUT2D eigenvalue weighted by Gasteiger charge is 2.36. The van der Waals surface area contributed by atoms with Gasteiger partial charge in [0, 0.05) is 6.54 Å². The molecule has 3 nitrogen and oxygen atoms in total. The molecule has 4 heteroatoms. The first-order valence-corrected chi connectivity index (χ1v) is 6.61. The molecular weight excluding hydrogens is 245 g/mol. The maximum Gasteiger partial charge on any atom is 0.309 e. The SMILES string of the molecule is Cc1ccc(F)cc1CN1CCC(C)(C(=O)O)CC1. The van der Waals surface area contributed by atoms with Crippen molar-refractivity contribution < 1.29 is 14.3 Å². The van der Waals surface area contributed by atoms with E-state index >= 15 is 0 Å².